The molecule has 1 fully saturated rings. The van der Waals surface area contributed by atoms with E-state index < -0.39 is 6.10 Å². The molecule has 7 heteroatoms. The summed E-state index contributed by atoms with van der Waals surface area (Å²) in [4.78, 5) is 8.25. The van der Waals surface area contributed by atoms with E-state index in [2.05, 4.69) is 41.1 Å². The van der Waals surface area contributed by atoms with Crippen LogP contribution in [0.1, 0.15) is 49.3 Å². The van der Waals surface area contributed by atoms with Crippen molar-refractivity contribution in [2.45, 2.75) is 50.0 Å². The summed E-state index contributed by atoms with van der Waals surface area (Å²) in [5, 5.41) is 22.7. The normalized spacial score (nSPS) is 16.8. The topological polar surface area (TPSA) is 65.8 Å². The second-order valence-electron chi connectivity index (χ2n) is 9.98. The number of hydrogen-bond acceptors (Lipinski definition) is 6. The van der Waals surface area contributed by atoms with E-state index in [1.54, 1.807) is 13.3 Å². The van der Waals surface area contributed by atoms with Crippen molar-refractivity contribution in [2.24, 2.45) is 5.41 Å². The fourth-order valence-electron chi connectivity index (χ4n) is 5.14. The molecule has 0 aliphatic carbocycles. The van der Waals surface area contributed by atoms with Crippen molar-refractivity contribution >= 4 is 34.3 Å². The van der Waals surface area contributed by atoms with Crippen molar-refractivity contribution < 1.29 is 14.9 Å². The van der Waals surface area contributed by atoms with Gasteiger partial charge < -0.3 is 19.8 Å². The molecule has 5 nitrogen and oxygen atoms in total. The average Bonchev–Trinajstić information content (AvgIpc) is 2.90. The van der Waals surface area contributed by atoms with Crippen molar-refractivity contribution in [1.29, 1.82) is 0 Å². The first kappa shape index (κ1) is 27.2. The van der Waals surface area contributed by atoms with Crippen molar-refractivity contribution in [1.82, 2.24) is 9.88 Å². The van der Waals surface area contributed by atoms with Crippen molar-refractivity contribution in [3.05, 3.63) is 64.8 Å². The first-order valence-corrected chi connectivity index (χ1v) is 14.1. The zero-order valence-corrected chi connectivity index (χ0v) is 22.8. The van der Waals surface area contributed by atoms with Gasteiger partial charge in [-0.15, -0.1) is 11.8 Å². The Labute approximate surface area is 223 Å². The molecule has 1 aliphatic heterocycles. The van der Waals surface area contributed by atoms with Gasteiger partial charge in [0.1, 0.15) is 5.75 Å². The van der Waals surface area contributed by atoms with Crippen LogP contribution in [0.3, 0.4) is 0 Å². The average molecular weight is 529 g/mol. The Hall–Kier alpha value is -1.83. The number of piperidine rings is 1. The molecule has 1 atom stereocenters. The van der Waals surface area contributed by atoms with Gasteiger partial charge in [-0.25, -0.2) is 0 Å². The number of aromatic nitrogens is 1. The smallest absolute Gasteiger partial charge is 0.119 e. The predicted octanol–water partition coefficient (Wildman–Crippen LogP) is 6.28. The van der Waals surface area contributed by atoms with Crippen molar-refractivity contribution in [3.63, 3.8) is 0 Å². The standard InChI is InChI=1S/C29H37ClN2O3S/c1-21-5-3-6-23(17-21)36-16-4-13-32-14-11-29(20-33,12-15-32)10-9-27(34)28-24-18-22(35-2)7-8-26(24)31-19-25(28)30/h3,5-8,17-19,27,33-34H,4,9-16,20H2,1-2H3/t27-/m0/s1. The molecular formula is C29H37ClN2O3S. The molecule has 1 aromatic heterocycles. The number of aryl methyl sites for hydroxylation is 1. The molecule has 1 saturated heterocycles. The summed E-state index contributed by atoms with van der Waals surface area (Å²) in [5.41, 5.74) is 2.62. The number of aliphatic hydroxyl groups is 2. The fourth-order valence-corrected chi connectivity index (χ4v) is 6.37. The summed E-state index contributed by atoms with van der Waals surface area (Å²) in [6.45, 7) is 5.35. The summed E-state index contributed by atoms with van der Waals surface area (Å²) < 4.78 is 5.37. The number of rotatable bonds is 11. The van der Waals surface area contributed by atoms with Crippen LogP contribution >= 0.6 is 23.4 Å². The lowest BCUT2D eigenvalue weighted by molar-refractivity contribution is 0.0238. The van der Waals surface area contributed by atoms with Crippen LogP contribution in [0, 0.1) is 12.3 Å². The molecule has 0 unspecified atom stereocenters. The van der Waals surface area contributed by atoms with Crippen LogP contribution in [0.15, 0.2) is 53.6 Å². The third-order valence-electron chi connectivity index (χ3n) is 7.48. The summed E-state index contributed by atoms with van der Waals surface area (Å²) in [5.74, 6) is 1.82. The maximum atomic E-state index is 11.2. The summed E-state index contributed by atoms with van der Waals surface area (Å²) in [6, 6.07) is 14.3. The number of pyridine rings is 1. The van der Waals surface area contributed by atoms with Gasteiger partial charge in [0.05, 0.1) is 23.8 Å². The quantitative estimate of drug-likeness (QED) is 0.226. The summed E-state index contributed by atoms with van der Waals surface area (Å²) in [6.07, 6.45) is 5.22. The van der Waals surface area contributed by atoms with E-state index in [1.807, 2.05) is 30.0 Å². The van der Waals surface area contributed by atoms with Crippen LogP contribution in [-0.4, -0.2) is 59.2 Å². The fraction of sp³-hybridized carbons (Fsp3) is 0.483. The number of benzene rings is 2. The molecule has 36 heavy (non-hydrogen) atoms. The van der Waals surface area contributed by atoms with Crippen LogP contribution in [0.5, 0.6) is 5.75 Å². The maximum Gasteiger partial charge on any atom is 0.119 e. The SMILES string of the molecule is COc1ccc2ncc(Cl)c([C@@H](O)CCC3(CO)CCN(CCCSc4cccc(C)c4)CC3)c2c1. The molecule has 2 heterocycles. The first-order valence-electron chi connectivity index (χ1n) is 12.8. The third-order valence-corrected chi connectivity index (χ3v) is 8.86. The number of hydrogen-bond donors (Lipinski definition) is 2. The number of nitrogens with zero attached hydrogens (tertiary/aromatic N) is 2. The van der Waals surface area contributed by atoms with Gasteiger partial charge in [-0.2, -0.15) is 0 Å². The summed E-state index contributed by atoms with van der Waals surface area (Å²) in [7, 11) is 1.62. The molecule has 0 saturated carbocycles. The molecule has 1 aliphatic rings. The molecule has 0 bridgehead atoms. The van der Waals surface area contributed by atoms with Crippen LogP contribution in [-0.2, 0) is 0 Å². The van der Waals surface area contributed by atoms with Gasteiger partial charge >= 0.3 is 0 Å². The first-order chi connectivity index (χ1) is 17.4. The van der Waals surface area contributed by atoms with Crippen molar-refractivity contribution in [2.75, 3.05) is 39.1 Å². The molecule has 3 aromatic rings. The van der Waals surface area contributed by atoms with Gasteiger partial charge in [0.25, 0.3) is 0 Å². The predicted molar refractivity (Wildman–Crippen MR) is 149 cm³/mol. The Bertz CT molecular complexity index is 1150. The van der Waals surface area contributed by atoms with Gasteiger partial charge in [-0.1, -0.05) is 29.3 Å². The zero-order chi connectivity index (χ0) is 25.5. The lowest BCUT2D eigenvalue weighted by atomic mass is 9.74. The molecule has 4 rings (SSSR count). The van der Waals surface area contributed by atoms with Crippen LogP contribution in [0.4, 0.5) is 0 Å². The minimum atomic E-state index is -0.727. The molecule has 0 radical (unpaired) electrons. The molecule has 2 N–H and O–H groups in total. The van der Waals surface area contributed by atoms with E-state index >= 15 is 0 Å². The Kier molecular flexibility index (Phi) is 9.53. The minimum Gasteiger partial charge on any atom is -0.497 e. The van der Waals surface area contributed by atoms with Gasteiger partial charge in [0, 0.05) is 28.6 Å². The number of halogens is 1. The molecule has 2 aromatic carbocycles. The van der Waals surface area contributed by atoms with E-state index in [9.17, 15) is 10.2 Å². The highest BCUT2D eigenvalue weighted by molar-refractivity contribution is 7.99. The van der Waals surface area contributed by atoms with Gasteiger partial charge in [-0.3, -0.25) is 4.98 Å². The molecule has 194 valence electrons. The lowest BCUT2D eigenvalue weighted by Gasteiger charge is -2.41. The number of fused-ring (bicyclic) bond motifs is 1. The monoisotopic (exact) mass is 528 g/mol. The minimum absolute atomic E-state index is 0.148. The van der Waals surface area contributed by atoms with Crippen LogP contribution in [0.2, 0.25) is 5.02 Å². The number of aliphatic hydroxyl groups excluding tert-OH is 2. The lowest BCUT2D eigenvalue weighted by Crippen LogP contribution is -2.42. The van der Waals surface area contributed by atoms with E-state index in [1.165, 1.54) is 10.5 Å². The summed E-state index contributed by atoms with van der Waals surface area (Å²) >= 11 is 8.41. The second kappa shape index (κ2) is 12.6. The van der Waals surface area contributed by atoms with E-state index in [0.29, 0.717) is 22.8 Å². The van der Waals surface area contributed by atoms with E-state index in [4.69, 9.17) is 16.3 Å². The molecule has 0 amide bonds. The number of methoxy groups -OCH3 is 1. The Morgan fingerprint density at radius 1 is 1.19 bits per heavy atom. The Morgan fingerprint density at radius 2 is 2.00 bits per heavy atom. The zero-order valence-electron chi connectivity index (χ0n) is 21.3. The van der Waals surface area contributed by atoms with E-state index in [0.717, 1.165) is 62.0 Å². The highest BCUT2D eigenvalue weighted by atomic mass is 35.5. The Morgan fingerprint density at radius 3 is 2.72 bits per heavy atom. The largest absolute Gasteiger partial charge is 0.497 e. The van der Waals surface area contributed by atoms with Crippen LogP contribution in [0.25, 0.3) is 10.9 Å². The number of ether oxygens (including phenoxy) is 1. The highest BCUT2D eigenvalue weighted by Crippen LogP contribution is 2.40. The molecule has 0 spiro atoms. The third kappa shape index (κ3) is 6.73. The second-order valence-corrected chi connectivity index (χ2v) is 11.6. The van der Waals surface area contributed by atoms with Gasteiger partial charge in [0.2, 0.25) is 0 Å². The highest BCUT2D eigenvalue weighted by Gasteiger charge is 2.34. The van der Waals surface area contributed by atoms with Crippen molar-refractivity contribution in [3.8, 4) is 5.75 Å². The van der Waals surface area contributed by atoms with Gasteiger partial charge in [0.15, 0.2) is 0 Å². The number of thioether (sulfide) groups is 1. The van der Waals surface area contributed by atoms with Gasteiger partial charge in [-0.05, 0) is 100 Å². The Balaban J connectivity index is 1.29. The maximum absolute atomic E-state index is 11.2. The van der Waals surface area contributed by atoms with Crippen LogP contribution < -0.4 is 4.74 Å². The van der Waals surface area contributed by atoms with E-state index in [-0.39, 0.29) is 12.0 Å². The number of likely N-dealkylation sites (tertiary alicyclic amines) is 1. The molecular weight excluding hydrogens is 492 g/mol.